The minimum absolute atomic E-state index is 0.118. The van der Waals surface area contributed by atoms with E-state index in [1.54, 1.807) is 18.2 Å². The number of fused-ring (bicyclic) bond motifs is 1. The molecule has 0 aliphatic carbocycles. The molecule has 0 spiro atoms. The van der Waals surface area contributed by atoms with Gasteiger partial charge in [0.05, 0.1) is 32.1 Å². The average molecular weight is 547 g/mol. The Morgan fingerprint density at radius 2 is 1.74 bits per heavy atom. The fourth-order valence-corrected chi connectivity index (χ4v) is 5.67. The summed E-state index contributed by atoms with van der Waals surface area (Å²) in [4.78, 5) is 29.8. The number of nitrogens with zero attached hydrogens (tertiary/aromatic N) is 1. The van der Waals surface area contributed by atoms with Gasteiger partial charge in [-0.05, 0) is 74.5 Å². The quantitative estimate of drug-likeness (QED) is 0.226. The summed E-state index contributed by atoms with van der Waals surface area (Å²) in [5.74, 6) is 0.351. The third-order valence-electron chi connectivity index (χ3n) is 4.89. The van der Waals surface area contributed by atoms with Crippen LogP contribution in [-0.2, 0) is 4.79 Å². The highest BCUT2D eigenvalue weighted by Gasteiger charge is 2.18. The number of hydrogen-bond acceptors (Lipinski definition) is 6. The number of anilines is 2. The van der Waals surface area contributed by atoms with E-state index in [-0.39, 0.29) is 17.1 Å². The lowest BCUT2D eigenvalue weighted by molar-refractivity contribution is -0.115. The molecule has 2 amide bonds. The third-order valence-corrected chi connectivity index (χ3v) is 7.84. The van der Waals surface area contributed by atoms with Crippen LogP contribution in [0, 0.1) is 0 Å². The zero-order chi connectivity index (χ0) is 24.9. The van der Waals surface area contributed by atoms with Crippen LogP contribution in [0.15, 0.2) is 65.0 Å². The number of nitrogens with one attached hydrogen (secondary N) is 2. The molecule has 0 fully saturated rings. The number of rotatable bonds is 8. The van der Waals surface area contributed by atoms with E-state index in [1.165, 1.54) is 29.2 Å². The first-order valence-electron chi connectivity index (χ1n) is 10.7. The van der Waals surface area contributed by atoms with Crippen molar-refractivity contribution in [3.8, 4) is 5.75 Å². The molecule has 1 aromatic heterocycles. The molecule has 180 valence electrons. The van der Waals surface area contributed by atoms with E-state index < -0.39 is 0 Å². The van der Waals surface area contributed by atoms with Crippen molar-refractivity contribution in [3.05, 3.63) is 76.3 Å². The van der Waals surface area contributed by atoms with E-state index in [2.05, 4.69) is 15.6 Å². The molecule has 10 heteroatoms. The lowest BCUT2D eigenvalue weighted by atomic mass is 10.2. The summed E-state index contributed by atoms with van der Waals surface area (Å²) in [6.07, 6.45) is 0. The van der Waals surface area contributed by atoms with Gasteiger partial charge in [-0.3, -0.25) is 9.59 Å². The molecular formula is C25H21Cl2N3O3S2. The molecule has 0 saturated carbocycles. The van der Waals surface area contributed by atoms with Crippen molar-refractivity contribution in [3.63, 3.8) is 0 Å². The number of amides is 2. The zero-order valence-corrected chi connectivity index (χ0v) is 21.9. The normalized spacial score (nSPS) is 11.8. The number of carbonyl (C=O) groups is 2. The van der Waals surface area contributed by atoms with Gasteiger partial charge in [-0.25, -0.2) is 4.98 Å². The maximum absolute atomic E-state index is 12.6. The molecule has 4 rings (SSSR count). The van der Waals surface area contributed by atoms with E-state index in [9.17, 15) is 9.59 Å². The van der Waals surface area contributed by atoms with E-state index in [4.69, 9.17) is 27.9 Å². The zero-order valence-electron chi connectivity index (χ0n) is 18.8. The first-order valence-corrected chi connectivity index (χ1v) is 13.1. The molecule has 1 atom stereocenters. The minimum atomic E-state index is -0.351. The minimum Gasteiger partial charge on any atom is -0.494 e. The van der Waals surface area contributed by atoms with Gasteiger partial charge in [0.2, 0.25) is 5.91 Å². The summed E-state index contributed by atoms with van der Waals surface area (Å²) < 4.78 is 7.09. The van der Waals surface area contributed by atoms with E-state index in [0.717, 1.165) is 20.3 Å². The lowest BCUT2D eigenvalue weighted by Crippen LogP contribution is -2.22. The molecule has 1 heterocycles. The summed E-state index contributed by atoms with van der Waals surface area (Å²) in [6.45, 7) is 4.35. The number of ether oxygens (including phenoxy) is 1. The van der Waals surface area contributed by atoms with Gasteiger partial charge in [-0.2, -0.15) is 0 Å². The number of carbonyl (C=O) groups excluding carboxylic acids is 2. The fraction of sp³-hybridized carbons (Fsp3) is 0.160. The van der Waals surface area contributed by atoms with Crippen molar-refractivity contribution in [2.75, 3.05) is 17.2 Å². The first kappa shape index (κ1) is 25.3. The Kier molecular flexibility index (Phi) is 8.18. The molecule has 0 aliphatic heterocycles. The Bertz CT molecular complexity index is 1380. The second kappa shape index (κ2) is 11.3. The van der Waals surface area contributed by atoms with Gasteiger partial charge >= 0.3 is 0 Å². The van der Waals surface area contributed by atoms with Gasteiger partial charge in [-0.1, -0.05) is 35.0 Å². The van der Waals surface area contributed by atoms with Crippen molar-refractivity contribution < 1.29 is 14.3 Å². The van der Waals surface area contributed by atoms with Crippen molar-refractivity contribution in [2.45, 2.75) is 23.4 Å². The Hall–Kier alpha value is -2.78. The molecule has 4 aromatic rings. The van der Waals surface area contributed by atoms with Crippen LogP contribution < -0.4 is 15.4 Å². The van der Waals surface area contributed by atoms with E-state index in [0.29, 0.717) is 33.6 Å². The van der Waals surface area contributed by atoms with Crippen LogP contribution in [-0.4, -0.2) is 28.7 Å². The molecule has 0 bridgehead atoms. The Balaban J connectivity index is 1.39. The molecule has 35 heavy (non-hydrogen) atoms. The van der Waals surface area contributed by atoms with Crippen LogP contribution in [0.3, 0.4) is 0 Å². The summed E-state index contributed by atoms with van der Waals surface area (Å²) in [5, 5.41) is 6.14. The van der Waals surface area contributed by atoms with Gasteiger partial charge in [-0.15, -0.1) is 11.3 Å². The van der Waals surface area contributed by atoms with Crippen LogP contribution >= 0.6 is 46.3 Å². The van der Waals surface area contributed by atoms with Crippen molar-refractivity contribution in [2.24, 2.45) is 0 Å². The number of benzene rings is 3. The number of thioether (sulfide) groups is 1. The highest BCUT2D eigenvalue weighted by molar-refractivity contribution is 8.02. The fourth-order valence-electron chi connectivity index (χ4n) is 3.12. The smallest absolute Gasteiger partial charge is 0.255 e. The van der Waals surface area contributed by atoms with E-state index >= 15 is 0 Å². The second-order valence-corrected chi connectivity index (χ2v) is 10.9. The second-order valence-electron chi connectivity index (χ2n) is 7.45. The van der Waals surface area contributed by atoms with E-state index in [1.807, 2.05) is 50.2 Å². The van der Waals surface area contributed by atoms with Crippen LogP contribution in [0.1, 0.15) is 24.2 Å². The highest BCUT2D eigenvalue weighted by atomic mass is 35.5. The summed E-state index contributed by atoms with van der Waals surface area (Å²) in [6, 6.07) is 17.5. The summed E-state index contributed by atoms with van der Waals surface area (Å²) >= 11 is 14.8. The van der Waals surface area contributed by atoms with Gasteiger partial charge in [0, 0.05) is 16.9 Å². The van der Waals surface area contributed by atoms with Gasteiger partial charge in [0.15, 0.2) is 4.34 Å². The maximum atomic E-state index is 12.6. The Labute approximate surface area is 221 Å². The maximum Gasteiger partial charge on any atom is 0.255 e. The number of hydrogen-bond donors (Lipinski definition) is 2. The van der Waals surface area contributed by atoms with Crippen molar-refractivity contribution >= 4 is 79.7 Å². The van der Waals surface area contributed by atoms with Crippen LogP contribution in [0.5, 0.6) is 5.75 Å². The SMILES string of the molecule is CCOc1ccc(NC(=O)C(C)Sc2nc3ccc(NC(=O)c4ccc(Cl)c(Cl)c4)cc3s2)cc1. The predicted octanol–water partition coefficient (Wildman–Crippen LogP) is 7.37. The predicted molar refractivity (Wildman–Crippen MR) is 146 cm³/mol. The Morgan fingerprint density at radius 1 is 1.00 bits per heavy atom. The monoisotopic (exact) mass is 545 g/mol. The van der Waals surface area contributed by atoms with Crippen molar-refractivity contribution in [1.29, 1.82) is 0 Å². The van der Waals surface area contributed by atoms with Crippen LogP contribution in [0.25, 0.3) is 10.2 Å². The third kappa shape index (κ3) is 6.46. The molecule has 6 nitrogen and oxygen atoms in total. The van der Waals surface area contributed by atoms with Crippen LogP contribution in [0.4, 0.5) is 11.4 Å². The summed E-state index contributed by atoms with van der Waals surface area (Å²) in [7, 11) is 0. The van der Waals surface area contributed by atoms with Gasteiger partial charge in [0.1, 0.15) is 5.75 Å². The molecular weight excluding hydrogens is 525 g/mol. The number of aromatic nitrogens is 1. The van der Waals surface area contributed by atoms with Gasteiger partial charge in [0.25, 0.3) is 5.91 Å². The molecule has 1 unspecified atom stereocenters. The Morgan fingerprint density at radius 3 is 2.46 bits per heavy atom. The van der Waals surface area contributed by atoms with Gasteiger partial charge < -0.3 is 15.4 Å². The topological polar surface area (TPSA) is 80.3 Å². The number of thiazole rings is 1. The largest absolute Gasteiger partial charge is 0.494 e. The molecule has 0 aliphatic rings. The van der Waals surface area contributed by atoms with Crippen LogP contribution in [0.2, 0.25) is 10.0 Å². The van der Waals surface area contributed by atoms with Crippen molar-refractivity contribution in [1.82, 2.24) is 4.98 Å². The first-order chi connectivity index (χ1) is 16.8. The highest BCUT2D eigenvalue weighted by Crippen LogP contribution is 2.34. The molecule has 3 aromatic carbocycles. The summed E-state index contributed by atoms with van der Waals surface area (Å²) in [5.41, 5.74) is 2.55. The lowest BCUT2D eigenvalue weighted by Gasteiger charge is -2.11. The molecule has 0 saturated heterocycles. The average Bonchev–Trinajstić information content (AvgIpc) is 3.23. The molecule has 2 N–H and O–H groups in total. The number of halogens is 2. The molecule has 0 radical (unpaired) electrons. The standard InChI is InChI=1S/C25H21Cl2N3O3S2/c1-3-33-18-8-5-16(6-9-18)28-23(31)14(2)34-25-30-21-11-7-17(13-22(21)35-25)29-24(32)15-4-10-19(26)20(27)12-15/h4-14H,3H2,1-2H3,(H,28,31)(H,29,32).